The van der Waals surface area contributed by atoms with Crippen molar-refractivity contribution >= 4 is 11.6 Å². The Morgan fingerprint density at radius 3 is 2.79 bits per heavy atom. The third kappa shape index (κ3) is 2.25. The highest BCUT2D eigenvalue weighted by Gasteiger charge is 2.55. The summed E-state index contributed by atoms with van der Waals surface area (Å²) < 4.78 is 46.7. The molecule has 1 saturated heterocycles. The topological polar surface area (TPSA) is 64.3 Å². The van der Waals surface area contributed by atoms with E-state index in [0.29, 0.717) is 0 Å². The molecule has 0 spiro atoms. The van der Waals surface area contributed by atoms with Crippen LogP contribution in [-0.2, 0) is 15.1 Å². The number of amides is 1. The summed E-state index contributed by atoms with van der Waals surface area (Å²) in [5.74, 6) is -5.06. The number of carbonyl (C=O) groups is 1. The van der Waals surface area contributed by atoms with Crippen LogP contribution >= 0.6 is 0 Å². The molecular formula is C12H13F3N2O2. The van der Waals surface area contributed by atoms with Gasteiger partial charge in [0.25, 0.3) is 5.92 Å². The van der Waals surface area contributed by atoms with E-state index in [-0.39, 0.29) is 11.3 Å². The van der Waals surface area contributed by atoms with Crippen molar-refractivity contribution in [2.45, 2.75) is 18.4 Å². The van der Waals surface area contributed by atoms with Crippen LogP contribution in [0.4, 0.5) is 18.9 Å². The average Bonchev–Trinajstić information content (AvgIpc) is 2.40. The summed E-state index contributed by atoms with van der Waals surface area (Å²) >= 11 is 0. The second-order valence-electron chi connectivity index (χ2n) is 4.61. The molecule has 7 heteroatoms. The van der Waals surface area contributed by atoms with Crippen LogP contribution in [0.1, 0.15) is 12.5 Å². The Kier molecular flexibility index (Phi) is 3.17. The Bertz CT molecular complexity index is 522. The largest absolute Gasteiger partial charge is 0.399 e. The number of anilines is 1. The maximum absolute atomic E-state index is 14.1. The molecule has 0 bridgehead atoms. The van der Waals surface area contributed by atoms with Crippen molar-refractivity contribution in [2.75, 3.05) is 18.9 Å². The van der Waals surface area contributed by atoms with Gasteiger partial charge in [-0.25, -0.2) is 13.2 Å². The van der Waals surface area contributed by atoms with Crippen LogP contribution in [0, 0.1) is 5.82 Å². The summed E-state index contributed by atoms with van der Waals surface area (Å²) in [6, 6.07) is 3.34. The molecule has 1 aromatic carbocycles. The third-order valence-corrected chi connectivity index (χ3v) is 3.17. The molecule has 1 fully saturated rings. The summed E-state index contributed by atoms with van der Waals surface area (Å²) in [5.41, 5.74) is 3.06. The lowest BCUT2D eigenvalue weighted by Gasteiger charge is -2.36. The molecule has 1 aliphatic rings. The second-order valence-corrected chi connectivity index (χ2v) is 4.61. The number of ether oxygens (including phenoxy) is 1. The minimum absolute atomic E-state index is 0.132. The number of benzene rings is 1. The predicted molar refractivity (Wildman–Crippen MR) is 62.1 cm³/mol. The molecule has 3 N–H and O–H groups in total. The van der Waals surface area contributed by atoms with Crippen molar-refractivity contribution in [1.82, 2.24) is 5.32 Å². The second kappa shape index (κ2) is 4.41. The van der Waals surface area contributed by atoms with Crippen LogP contribution in [0.3, 0.4) is 0 Å². The monoisotopic (exact) mass is 274 g/mol. The van der Waals surface area contributed by atoms with Crippen molar-refractivity contribution in [1.29, 1.82) is 0 Å². The van der Waals surface area contributed by atoms with Crippen LogP contribution in [0.15, 0.2) is 18.2 Å². The van der Waals surface area contributed by atoms with E-state index in [9.17, 15) is 18.0 Å². The Labute approximate surface area is 107 Å². The number of nitrogens with one attached hydrogen (secondary N) is 1. The molecule has 1 aromatic rings. The highest BCUT2D eigenvalue weighted by atomic mass is 19.3. The van der Waals surface area contributed by atoms with Crippen LogP contribution in [-0.4, -0.2) is 25.0 Å². The van der Waals surface area contributed by atoms with Crippen molar-refractivity contribution < 1.29 is 22.7 Å². The summed E-state index contributed by atoms with van der Waals surface area (Å²) in [6.07, 6.45) is 0. The van der Waals surface area contributed by atoms with Gasteiger partial charge in [0, 0.05) is 11.3 Å². The molecule has 0 aliphatic carbocycles. The van der Waals surface area contributed by atoms with E-state index in [2.05, 4.69) is 10.1 Å². The first-order valence-corrected chi connectivity index (χ1v) is 5.58. The van der Waals surface area contributed by atoms with Crippen LogP contribution in [0.2, 0.25) is 0 Å². The Balaban J connectivity index is 2.59. The molecule has 0 unspecified atom stereocenters. The summed E-state index contributed by atoms with van der Waals surface area (Å²) in [6.45, 7) is -0.414. The smallest absolute Gasteiger partial charge is 0.297 e. The van der Waals surface area contributed by atoms with Gasteiger partial charge in [0.05, 0.1) is 0 Å². The zero-order chi connectivity index (χ0) is 14.3. The van der Waals surface area contributed by atoms with E-state index in [1.54, 1.807) is 0 Å². The zero-order valence-electron chi connectivity index (χ0n) is 10.2. The van der Waals surface area contributed by atoms with Gasteiger partial charge in [-0.15, -0.1) is 0 Å². The van der Waals surface area contributed by atoms with Crippen molar-refractivity contribution in [3.63, 3.8) is 0 Å². The number of alkyl halides is 2. The standard InChI is InChI=1S/C12H13F3N2O2/c1-11(8-4-7(16)2-3-9(8)13)12(14,15)6-19-5-10(18)17-11/h2-4H,5-6,16H2,1H3,(H,17,18)/t11-/m1/s1. The number of hydrogen-bond acceptors (Lipinski definition) is 3. The Morgan fingerprint density at radius 2 is 2.11 bits per heavy atom. The van der Waals surface area contributed by atoms with Gasteiger partial charge in [-0.1, -0.05) is 0 Å². The number of hydrogen-bond donors (Lipinski definition) is 2. The molecule has 0 saturated carbocycles. The SMILES string of the molecule is C[C@]1(c2cc(N)ccc2F)NC(=O)COCC1(F)F. The minimum Gasteiger partial charge on any atom is -0.399 e. The molecule has 1 atom stereocenters. The summed E-state index contributed by atoms with van der Waals surface area (Å²) in [4.78, 5) is 11.4. The minimum atomic E-state index is -3.46. The van der Waals surface area contributed by atoms with Gasteiger partial charge < -0.3 is 15.8 Å². The molecule has 4 nitrogen and oxygen atoms in total. The van der Waals surface area contributed by atoms with Gasteiger partial charge in [0.2, 0.25) is 5.91 Å². The third-order valence-electron chi connectivity index (χ3n) is 3.17. The normalized spacial score (nSPS) is 26.6. The first kappa shape index (κ1) is 13.7. The fraction of sp³-hybridized carbons (Fsp3) is 0.417. The van der Waals surface area contributed by atoms with Crippen LogP contribution in [0.25, 0.3) is 0 Å². The summed E-state index contributed by atoms with van der Waals surface area (Å²) in [5, 5.41) is 2.12. The van der Waals surface area contributed by atoms with E-state index in [4.69, 9.17) is 5.73 Å². The lowest BCUT2D eigenvalue weighted by molar-refractivity contribution is -0.127. The number of carbonyl (C=O) groups excluding carboxylic acids is 1. The number of nitrogens with two attached hydrogens (primary N) is 1. The molecule has 0 radical (unpaired) electrons. The maximum Gasteiger partial charge on any atom is 0.297 e. The first-order valence-electron chi connectivity index (χ1n) is 5.58. The number of rotatable bonds is 1. The molecular weight excluding hydrogens is 261 g/mol. The van der Waals surface area contributed by atoms with Crippen LogP contribution in [0.5, 0.6) is 0 Å². The van der Waals surface area contributed by atoms with Gasteiger partial charge in [0.15, 0.2) is 0 Å². The van der Waals surface area contributed by atoms with E-state index in [0.717, 1.165) is 19.1 Å². The molecule has 0 aromatic heterocycles. The van der Waals surface area contributed by atoms with Gasteiger partial charge in [-0.2, -0.15) is 0 Å². The molecule has 1 amide bonds. The van der Waals surface area contributed by atoms with Crippen molar-refractivity contribution in [2.24, 2.45) is 0 Å². The Morgan fingerprint density at radius 1 is 1.42 bits per heavy atom. The average molecular weight is 274 g/mol. The summed E-state index contributed by atoms with van der Waals surface area (Å²) in [7, 11) is 0. The van der Waals surface area contributed by atoms with Crippen molar-refractivity contribution in [3.05, 3.63) is 29.6 Å². The lowest BCUT2D eigenvalue weighted by atomic mass is 9.85. The molecule has 2 rings (SSSR count). The fourth-order valence-corrected chi connectivity index (χ4v) is 2.01. The molecule has 19 heavy (non-hydrogen) atoms. The van der Waals surface area contributed by atoms with E-state index in [1.165, 1.54) is 6.07 Å². The highest BCUT2D eigenvalue weighted by molar-refractivity contribution is 5.79. The van der Waals surface area contributed by atoms with Gasteiger partial charge in [-0.3, -0.25) is 4.79 Å². The first-order chi connectivity index (χ1) is 8.76. The Hall–Kier alpha value is -1.76. The quantitative estimate of drug-likeness (QED) is 0.761. The number of nitrogen functional groups attached to an aromatic ring is 1. The highest BCUT2D eigenvalue weighted by Crippen LogP contribution is 2.40. The van der Waals surface area contributed by atoms with E-state index >= 15 is 0 Å². The number of halogens is 3. The van der Waals surface area contributed by atoms with Crippen LogP contribution < -0.4 is 11.1 Å². The molecule has 1 aliphatic heterocycles. The predicted octanol–water partition coefficient (Wildman–Crippen LogP) is 1.40. The molecule has 1 heterocycles. The lowest BCUT2D eigenvalue weighted by Crippen LogP contribution is -2.56. The maximum atomic E-state index is 14.1. The van der Waals surface area contributed by atoms with Gasteiger partial charge in [0.1, 0.15) is 24.6 Å². The van der Waals surface area contributed by atoms with E-state index < -0.39 is 36.4 Å². The van der Waals surface area contributed by atoms with Gasteiger partial charge in [-0.05, 0) is 25.1 Å². The van der Waals surface area contributed by atoms with Crippen molar-refractivity contribution in [3.8, 4) is 0 Å². The molecule has 104 valence electrons. The van der Waals surface area contributed by atoms with Gasteiger partial charge >= 0.3 is 0 Å². The van der Waals surface area contributed by atoms with E-state index in [1.807, 2.05) is 0 Å². The zero-order valence-corrected chi connectivity index (χ0v) is 10.2. The fourth-order valence-electron chi connectivity index (χ4n) is 2.01.